The predicted octanol–water partition coefficient (Wildman–Crippen LogP) is 4.16. The number of hydrogen-bond donors (Lipinski definition) is 1. The number of unbranched alkanes of at least 4 members (excludes halogenated alkanes) is 1. The van der Waals surface area contributed by atoms with Crippen LogP contribution in [0.15, 0.2) is 28.7 Å². The van der Waals surface area contributed by atoms with Crippen molar-refractivity contribution in [2.24, 2.45) is 0 Å². The molecule has 0 fully saturated rings. The van der Waals surface area contributed by atoms with E-state index in [1.54, 1.807) is 0 Å². The first-order valence-corrected chi connectivity index (χ1v) is 6.77. The summed E-state index contributed by atoms with van der Waals surface area (Å²) in [6.45, 7) is 7.73. The highest BCUT2D eigenvalue weighted by atomic mass is 79.9. The minimum atomic E-state index is 0.243. The Balaban J connectivity index is 2.19. The Morgan fingerprint density at radius 2 is 1.81 bits per heavy atom. The molecule has 16 heavy (non-hydrogen) atoms. The Hall–Kier alpha value is -0.340. The molecule has 0 radical (unpaired) electrons. The van der Waals surface area contributed by atoms with Gasteiger partial charge in [-0.1, -0.05) is 34.1 Å². The molecule has 0 saturated carbocycles. The number of rotatable bonds is 5. The minimum Gasteiger partial charge on any atom is -0.312 e. The van der Waals surface area contributed by atoms with E-state index in [4.69, 9.17) is 0 Å². The lowest BCUT2D eigenvalue weighted by Gasteiger charge is -2.20. The van der Waals surface area contributed by atoms with Crippen molar-refractivity contribution in [3.05, 3.63) is 34.3 Å². The van der Waals surface area contributed by atoms with Gasteiger partial charge in [0.15, 0.2) is 0 Å². The summed E-state index contributed by atoms with van der Waals surface area (Å²) in [5.41, 5.74) is 1.66. The lowest BCUT2D eigenvalue weighted by molar-refractivity contribution is 0.419. The molecule has 0 saturated heterocycles. The first-order valence-electron chi connectivity index (χ1n) is 5.97. The van der Waals surface area contributed by atoms with Gasteiger partial charge in [0.05, 0.1) is 0 Å². The van der Waals surface area contributed by atoms with Crippen molar-refractivity contribution in [2.75, 3.05) is 6.54 Å². The normalized spacial score (nSPS) is 11.8. The van der Waals surface area contributed by atoms with Gasteiger partial charge in [-0.25, -0.2) is 0 Å². The average Bonchev–Trinajstić information content (AvgIpc) is 2.18. The van der Waals surface area contributed by atoms with Crippen LogP contribution in [0.25, 0.3) is 0 Å². The number of nitrogens with one attached hydrogen (secondary N) is 1. The second-order valence-corrected chi connectivity index (χ2v) is 6.08. The second-order valence-electron chi connectivity index (χ2n) is 5.23. The quantitative estimate of drug-likeness (QED) is 0.801. The van der Waals surface area contributed by atoms with Gasteiger partial charge in [0.1, 0.15) is 0 Å². The summed E-state index contributed by atoms with van der Waals surface area (Å²) < 4.78 is 1.23. The predicted molar refractivity (Wildman–Crippen MR) is 74.8 cm³/mol. The molecule has 1 nitrogen and oxygen atoms in total. The third-order valence-corrected chi connectivity index (χ3v) is 3.26. The zero-order valence-corrected chi connectivity index (χ0v) is 12.1. The van der Waals surface area contributed by atoms with E-state index < -0.39 is 0 Å². The first-order chi connectivity index (χ1) is 7.49. The van der Waals surface area contributed by atoms with Crippen molar-refractivity contribution in [3.8, 4) is 0 Å². The van der Waals surface area contributed by atoms with Crippen LogP contribution in [0.1, 0.15) is 39.2 Å². The number of aryl methyl sites for hydroxylation is 1. The van der Waals surface area contributed by atoms with Crippen molar-refractivity contribution < 1.29 is 0 Å². The van der Waals surface area contributed by atoms with Crippen LogP contribution in [0.2, 0.25) is 0 Å². The topological polar surface area (TPSA) is 12.0 Å². The highest BCUT2D eigenvalue weighted by Gasteiger charge is 2.07. The number of benzene rings is 1. The number of halogens is 1. The van der Waals surface area contributed by atoms with Crippen molar-refractivity contribution >= 4 is 15.9 Å². The van der Waals surface area contributed by atoms with Crippen LogP contribution >= 0.6 is 15.9 Å². The molecule has 0 heterocycles. The largest absolute Gasteiger partial charge is 0.312 e. The molecule has 1 rings (SSSR count). The summed E-state index contributed by atoms with van der Waals surface area (Å²) >= 11 is 3.58. The molecule has 0 bridgehead atoms. The summed E-state index contributed by atoms with van der Waals surface area (Å²) in [4.78, 5) is 0. The summed E-state index contributed by atoms with van der Waals surface area (Å²) in [5, 5.41) is 3.51. The molecule has 0 aromatic heterocycles. The van der Waals surface area contributed by atoms with E-state index in [0.717, 1.165) is 13.0 Å². The lowest BCUT2D eigenvalue weighted by Crippen LogP contribution is -2.36. The van der Waals surface area contributed by atoms with E-state index in [1.807, 2.05) is 0 Å². The van der Waals surface area contributed by atoms with E-state index in [1.165, 1.54) is 22.9 Å². The smallest absolute Gasteiger partial charge is 0.0207 e. The van der Waals surface area contributed by atoms with E-state index in [-0.39, 0.29) is 5.54 Å². The SMILES string of the molecule is CC(C)(C)NCCCCc1ccccc1Br. The fourth-order valence-corrected chi connectivity index (χ4v) is 2.09. The molecular formula is C14H22BrN. The Bertz CT molecular complexity index is 315. The van der Waals surface area contributed by atoms with Crippen LogP contribution in [-0.4, -0.2) is 12.1 Å². The highest BCUT2D eigenvalue weighted by molar-refractivity contribution is 9.10. The van der Waals surface area contributed by atoms with Crippen LogP contribution in [0, 0.1) is 0 Å². The summed E-state index contributed by atoms with van der Waals surface area (Å²) in [6, 6.07) is 8.48. The van der Waals surface area contributed by atoms with Gasteiger partial charge in [-0.15, -0.1) is 0 Å². The van der Waals surface area contributed by atoms with Gasteiger partial charge in [0, 0.05) is 10.0 Å². The Morgan fingerprint density at radius 3 is 2.44 bits per heavy atom. The van der Waals surface area contributed by atoms with Gasteiger partial charge >= 0.3 is 0 Å². The molecule has 1 aromatic carbocycles. The first kappa shape index (κ1) is 13.7. The van der Waals surface area contributed by atoms with Crippen LogP contribution in [0.3, 0.4) is 0 Å². The summed E-state index contributed by atoms with van der Waals surface area (Å²) in [7, 11) is 0. The Labute approximate surface area is 108 Å². The van der Waals surface area contributed by atoms with Crippen molar-refractivity contribution in [1.29, 1.82) is 0 Å². The molecule has 1 aromatic rings. The molecule has 1 N–H and O–H groups in total. The molecule has 0 spiro atoms. The maximum Gasteiger partial charge on any atom is 0.0207 e. The van der Waals surface area contributed by atoms with Gasteiger partial charge in [-0.05, 0) is 58.2 Å². The minimum absolute atomic E-state index is 0.243. The average molecular weight is 284 g/mol. The molecule has 0 aliphatic carbocycles. The third-order valence-electron chi connectivity index (χ3n) is 2.49. The molecule has 0 atom stereocenters. The second kappa shape index (κ2) is 6.41. The maximum absolute atomic E-state index is 3.58. The van der Waals surface area contributed by atoms with Crippen molar-refractivity contribution in [3.63, 3.8) is 0 Å². The lowest BCUT2D eigenvalue weighted by atomic mass is 10.1. The van der Waals surface area contributed by atoms with Crippen molar-refractivity contribution in [2.45, 2.75) is 45.6 Å². The van der Waals surface area contributed by atoms with Crippen LogP contribution in [0.4, 0.5) is 0 Å². The molecule has 0 amide bonds. The van der Waals surface area contributed by atoms with Gasteiger partial charge in [0.2, 0.25) is 0 Å². The van der Waals surface area contributed by atoms with E-state index in [2.05, 4.69) is 66.3 Å². The Kier molecular flexibility index (Phi) is 5.50. The zero-order chi connectivity index (χ0) is 12.0. The standard InChI is InChI=1S/C14H22BrN/c1-14(2,3)16-11-7-6-9-12-8-4-5-10-13(12)15/h4-5,8,10,16H,6-7,9,11H2,1-3H3. The summed E-state index contributed by atoms with van der Waals surface area (Å²) in [5.74, 6) is 0. The molecule has 0 aliphatic rings. The van der Waals surface area contributed by atoms with Gasteiger partial charge < -0.3 is 5.32 Å². The van der Waals surface area contributed by atoms with Crippen LogP contribution in [0.5, 0.6) is 0 Å². The molecule has 0 unspecified atom stereocenters. The summed E-state index contributed by atoms with van der Waals surface area (Å²) in [6.07, 6.45) is 3.64. The van der Waals surface area contributed by atoms with Gasteiger partial charge in [0.25, 0.3) is 0 Å². The van der Waals surface area contributed by atoms with Gasteiger partial charge in [-0.3, -0.25) is 0 Å². The van der Waals surface area contributed by atoms with E-state index in [9.17, 15) is 0 Å². The Morgan fingerprint density at radius 1 is 1.12 bits per heavy atom. The van der Waals surface area contributed by atoms with Crippen LogP contribution < -0.4 is 5.32 Å². The van der Waals surface area contributed by atoms with E-state index >= 15 is 0 Å². The highest BCUT2D eigenvalue weighted by Crippen LogP contribution is 2.17. The van der Waals surface area contributed by atoms with Crippen LogP contribution in [-0.2, 0) is 6.42 Å². The van der Waals surface area contributed by atoms with E-state index in [0.29, 0.717) is 0 Å². The molecule has 90 valence electrons. The number of hydrogen-bond acceptors (Lipinski definition) is 1. The third kappa shape index (κ3) is 5.66. The molecular weight excluding hydrogens is 262 g/mol. The fraction of sp³-hybridized carbons (Fsp3) is 0.571. The van der Waals surface area contributed by atoms with Gasteiger partial charge in [-0.2, -0.15) is 0 Å². The molecule has 0 aliphatic heterocycles. The zero-order valence-electron chi connectivity index (χ0n) is 10.5. The monoisotopic (exact) mass is 283 g/mol. The fourth-order valence-electron chi connectivity index (χ4n) is 1.60. The molecule has 2 heteroatoms. The van der Waals surface area contributed by atoms with Crippen molar-refractivity contribution in [1.82, 2.24) is 5.32 Å². The maximum atomic E-state index is 3.58.